The summed E-state index contributed by atoms with van der Waals surface area (Å²) in [5.74, 6) is 0.628. The topological polar surface area (TPSA) is 89.5 Å². The number of amides is 1. The Morgan fingerprint density at radius 1 is 1.52 bits per heavy atom. The van der Waals surface area contributed by atoms with E-state index in [-0.39, 0.29) is 31.0 Å². The quantitative estimate of drug-likeness (QED) is 0.878. The van der Waals surface area contributed by atoms with E-state index in [1.54, 1.807) is 13.8 Å². The van der Waals surface area contributed by atoms with Crippen molar-refractivity contribution in [2.45, 2.75) is 39.2 Å². The van der Waals surface area contributed by atoms with Crippen molar-refractivity contribution in [2.75, 3.05) is 25.0 Å². The van der Waals surface area contributed by atoms with Crippen LogP contribution in [0.1, 0.15) is 36.1 Å². The Balaban J connectivity index is 2.02. The molecule has 114 valence electrons. The maximum atomic E-state index is 12.1. The first-order chi connectivity index (χ1) is 10.1. The minimum absolute atomic E-state index is 0.0417. The van der Waals surface area contributed by atoms with Gasteiger partial charge in [-0.15, -0.1) is 0 Å². The summed E-state index contributed by atoms with van der Waals surface area (Å²) in [6.07, 6.45) is 3.02. The summed E-state index contributed by atoms with van der Waals surface area (Å²) >= 11 is 0. The standard InChI is InChI=1S/C15H21N3O3/c1-10-11(2)21-15(13(10)7-16)17-14(20)8-18-6-4-3-5-12(18)9-19/h12,19H,3-6,8-9H2,1-2H3,(H,17,20)/t12-/m1/s1. The predicted octanol–water partition coefficient (Wildman–Crippen LogP) is 1.55. The molecule has 1 aromatic rings. The maximum absolute atomic E-state index is 12.1. The van der Waals surface area contributed by atoms with Crippen molar-refractivity contribution in [2.24, 2.45) is 0 Å². The Hall–Kier alpha value is -1.84. The third-order valence-electron chi connectivity index (χ3n) is 4.06. The minimum Gasteiger partial charge on any atom is -0.444 e. The van der Waals surface area contributed by atoms with Gasteiger partial charge >= 0.3 is 0 Å². The molecule has 1 aromatic heterocycles. The second-order valence-electron chi connectivity index (χ2n) is 5.45. The van der Waals surface area contributed by atoms with Gasteiger partial charge in [-0.1, -0.05) is 6.42 Å². The molecule has 1 saturated heterocycles. The molecule has 0 aliphatic carbocycles. The lowest BCUT2D eigenvalue weighted by Crippen LogP contribution is -2.45. The first kappa shape index (κ1) is 15.5. The number of carbonyl (C=O) groups excluding carboxylic acids is 1. The molecule has 1 fully saturated rings. The lowest BCUT2D eigenvalue weighted by molar-refractivity contribution is -0.118. The summed E-state index contributed by atoms with van der Waals surface area (Å²) in [7, 11) is 0. The van der Waals surface area contributed by atoms with Gasteiger partial charge in [0.15, 0.2) is 0 Å². The first-order valence-electron chi connectivity index (χ1n) is 7.21. The first-order valence-corrected chi connectivity index (χ1v) is 7.21. The Bertz CT molecular complexity index is 559. The zero-order valence-corrected chi connectivity index (χ0v) is 12.5. The van der Waals surface area contributed by atoms with Gasteiger partial charge in [0.25, 0.3) is 0 Å². The van der Waals surface area contributed by atoms with E-state index >= 15 is 0 Å². The van der Waals surface area contributed by atoms with Crippen molar-refractivity contribution in [1.82, 2.24) is 4.90 Å². The number of piperidine rings is 1. The van der Waals surface area contributed by atoms with E-state index in [1.165, 1.54) is 0 Å². The van der Waals surface area contributed by atoms with Gasteiger partial charge in [-0.3, -0.25) is 15.0 Å². The molecule has 6 nitrogen and oxygen atoms in total. The van der Waals surface area contributed by atoms with E-state index in [0.717, 1.165) is 31.4 Å². The molecule has 1 amide bonds. The number of hydrogen-bond donors (Lipinski definition) is 2. The van der Waals surface area contributed by atoms with Crippen LogP contribution < -0.4 is 5.32 Å². The third-order valence-corrected chi connectivity index (χ3v) is 4.06. The van der Waals surface area contributed by atoms with Crippen LogP contribution in [0.3, 0.4) is 0 Å². The third kappa shape index (κ3) is 3.43. The number of aliphatic hydroxyl groups excluding tert-OH is 1. The van der Waals surface area contributed by atoms with Gasteiger partial charge in [0.1, 0.15) is 17.4 Å². The average molecular weight is 291 g/mol. The molecule has 0 aromatic carbocycles. The van der Waals surface area contributed by atoms with E-state index in [4.69, 9.17) is 9.68 Å². The molecule has 2 rings (SSSR count). The predicted molar refractivity (Wildman–Crippen MR) is 77.8 cm³/mol. The SMILES string of the molecule is Cc1oc(NC(=O)CN2CCCC[C@@H]2CO)c(C#N)c1C. The molecule has 6 heteroatoms. The monoisotopic (exact) mass is 291 g/mol. The average Bonchev–Trinajstić information content (AvgIpc) is 2.73. The van der Waals surface area contributed by atoms with Crippen molar-refractivity contribution in [1.29, 1.82) is 5.26 Å². The highest BCUT2D eigenvalue weighted by Crippen LogP contribution is 2.25. The molecule has 2 heterocycles. The molecule has 0 radical (unpaired) electrons. The molecule has 0 bridgehead atoms. The van der Waals surface area contributed by atoms with Gasteiger partial charge in [0, 0.05) is 11.6 Å². The van der Waals surface area contributed by atoms with Crippen LogP contribution in [0.2, 0.25) is 0 Å². The van der Waals surface area contributed by atoms with Gasteiger partial charge in [0.05, 0.1) is 13.2 Å². The maximum Gasteiger partial charge on any atom is 0.240 e. The van der Waals surface area contributed by atoms with Crippen molar-refractivity contribution in [3.8, 4) is 6.07 Å². The van der Waals surface area contributed by atoms with E-state index in [2.05, 4.69) is 11.4 Å². The number of aliphatic hydroxyl groups is 1. The molecule has 0 saturated carbocycles. The molecule has 1 aliphatic rings. The van der Waals surface area contributed by atoms with Crippen molar-refractivity contribution in [3.05, 3.63) is 16.9 Å². The highest BCUT2D eigenvalue weighted by Gasteiger charge is 2.24. The number of furan rings is 1. The highest BCUT2D eigenvalue weighted by atomic mass is 16.4. The number of anilines is 1. The summed E-state index contributed by atoms with van der Waals surface area (Å²) in [5, 5.41) is 21.1. The van der Waals surface area contributed by atoms with Crippen molar-refractivity contribution >= 4 is 11.8 Å². The molecular formula is C15H21N3O3. The fraction of sp³-hybridized carbons (Fsp3) is 0.600. The smallest absolute Gasteiger partial charge is 0.240 e. The molecule has 1 atom stereocenters. The Morgan fingerprint density at radius 3 is 2.95 bits per heavy atom. The van der Waals surface area contributed by atoms with Crippen LogP contribution in [0.5, 0.6) is 0 Å². The molecule has 0 spiro atoms. The van der Waals surface area contributed by atoms with Crippen molar-refractivity contribution < 1.29 is 14.3 Å². The van der Waals surface area contributed by atoms with Gasteiger partial charge in [0.2, 0.25) is 11.8 Å². The number of rotatable bonds is 4. The Kier molecular flexibility index (Phi) is 4.99. The van der Waals surface area contributed by atoms with E-state index < -0.39 is 0 Å². The number of aryl methyl sites for hydroxylation is 1. The summed E-state index contributed by atoms with van der Waals surface area (Å²) in [6.45, 7) is 4.63. The van der Waals surface area contributed by atoms with Crippen LogP contribution in [0.4, 0.5) is 5.88 Å². The number of likely N-dealkylation sites (tertiary alicyclic amines) is 1. The fourth-order valence-electron chi connectivity index (χ4n) is 2.68. The second kappa shape index (κ2) is 6.74. The molecule has 2 N–H and O–H groups in total. The Labute approximate surface area is 124 Å². The summed E-state index contributed by atoms with van der Waals surface area (Å²) < 4.78 is 5.43. The zero-order chi connectivity index (χ0) is 15.4. The molecule has 1 aliphatic heterocycles. The number of hydrogen-bond acceptors (Lipinski definition) is 5. The van der Waals surface area contributed by atoms with Gasteiger partial charge in [-0.25, -0.2) is 0 Å². The van der Waals surface area contributed by atoms with Crippen LogP contribution in [0.15, 0.2) is 4.42 Å². The van der Waals surface area contributed by atoms with Crippen LogP contribution in [-0.2, 0) is 4.79 Å². The van der Waals surface area contributed by atoms with Gasteiger partial charge in [-0.05, 0) is 33.2 Å². The highest BCUT2D eigenvalue weighted by molar-refractivity contribution is 5.92. The second-order valence-corrected chi connectivity index (χ2v) is 5.45. The van der Waals surface area contributed by atoms with Crippen LogP contribution >= 0.6 is 0 Å². The fourth-order valence-corrected chi connectivity index (χ4v) is 2.68. The van der Waals surface area contributed by atoms with Crippen LogP contribution in [-0.4, -0.2) is 41.7 Å². The lowest BCUT2D eigenvalue weighted by atomic mass is 10.0. The summed E-state index contributed by atoms with van der Waals surface area (Å²) in [6, 6.07) is 2.09. The van der Waals surface area contributed by atoms with E-state index in [0.29, 0.717) is 11.3 Å². The molecule has 0 unspecified atom stereocenters. The number of nitrogens with zero attached hydrogens (tertiary/aromatic N) is 2. The number of carbonyl (C=O) groups is 1. The number of nitriles is 1. The molecule has 21 heavy (non-hydrogen) atoms. The van der Waals surface area contributed by atoms with Gasteiger partial charge in [-0.2, -0.15) is 5.26 Å². The normalized spacial score (nSPS) is 19.2. The number of nitrogens with one attached hydrogen (secondary N) is 1. The zero-order valence-electron chi connectivity index (χ0n) is 12.5. The largest absolute Gasteiger partial charge is 0.444 e. The summed E-state index contributed by atoms with van der Waals surface area (Å²) in [4.78, 5) is 14.1. The van der Waals surface area contributed by atoms with E-state index in [9.17, 15) is 9.90 Å². The lowest BCUT2D eigenvalue weighted by Gasteiger charge is -2.33. The summed E-state index contributed by atoms with van der Waals surface area (Å²) in [5.41, 5.74) is 1.12. The van der Waals surface area contributed by atoms with Crippen LogP contribution in [0, 0.1) is 25.2 Å². The van der Waals surface area contributed by atoms with Crippen molar-refractivity contribution in [3.63, 3.8) is 0 Å². The van der Waals surface area contributed by atoms with Gasteiger partial charge < -0.3 is 9.52 Å². The van der Waals surface area contributed by atoms with E-state index in [1.807, 2.05) is 4.90 Å². The minimum atomic E-state index is -0.222. The molecular weight excluding hydrogens is 270 g/mol. The van der Waals surface area contributed by atoms with Crippen LogP contribution in [0.25, 0.3) is 0 Å². The Morgan fingerprint density at radius 2 is 2.29 bits per heavy atom.